The van der Waals surface area contributed by atoms with Crippen molar-refractivity contribution in [1.29, 1.82) is 0 Å². The third-order valence-electron chi connectivity index (χ3n) is 3.83. The van der Waals surface area contributed by atoms with Crippen molar-refractivity contribution >= 4 is 39.4 Å². The lowest BCUT2D eigenvalue weighted by atomic mass is 10.2. The summed E-state index contributed by atoms with van der Waals surface area (Å²) in [5, 5.41) is 3.46. The van der Waals surface area contributed by atoms with Crippen LogP contribution in [-0.2, 0) is 6.54 Å². The van der Waals surface area contributed by atoms with Crippen LogP contribution < -0.4 is 27.9 Å². The number of aromatic nitrogens is 1. The summed E-state index contributed by atoms with van der Waals surface area (Å²) < 4.78 is 42.6. The van der Waals surface area contributed by atoms with Gasteiger partial charge in [-0.2, -0.15) is 4.57 Å². The molecule has 0 saturated heterocycles. The van der Waals surface area contributed by atoms with E-state index in [0.29, 0.717) is 0 Å². The second-order valence-corrected chi connectivity index (χ2v) is 8.17. The van der Waals surface area contributed by atoms with Gasteiger partial charge in [0, 0.05) is 11.6 Å². The molecule has 0 aliphatic rings. The zero-order valence-corrected chi connectivity index (χ0v) is 18.9. The van der Waals surface area contributed by atoms with Crippen molar-refractivity contribution in [2.75, 3.05) is 7.11 Å². The van der Waals surface area contributed by atoms with Gasteiger partial charge in [-0.1, -0.05) is 35.6 Å². The molecule has 0 unspecified atom stereocenters. The van der Waals surface area contributed by atoms with Gasteiger partial charge in [0.05, 0.1) is 17.0 Å². The third kappa shape index (κ3) is 7.52. The number of benzene rings is 2. The first-order valence-electron chi connectivity index (χ1n) is 8.43. The highest BCUT2D eigenvalue weighted by Crippen LogP contribution is 2.27. The van der Waals surface area contributed by atoms with Gasteiger partial charge in [-0.15, -0.1) is 10.2 Å². The molecule has 0 bridgehead atoms. The van der Waals surface area contributed by atoms with Gasteiger partial charge in [-0.3, -0.25) is 0 Å². The Morgan fingerprint density at radius 1 is 1.07 bits per heavy atom. The average molecular weight is 501 g/mol. The molecule has 1 heterocycles. The highest BCUT2D eigenvalue weighted by molar-refractivity contribution is 9.10. The molecule has 0 atom stereocenters. The monoisotopic (exact) mass is 499 g/mol. The van der Waals surface area contributed by atoms with Crippen molar-refractivity contribution < 1.29 is 38.2 Å². The molecule has 2 aromatic carbocycles. The van der Waals surface area contributed by atoms with E-state index < -0.39 is 10.2 Å². The minimum Gasteiger partial charge on any atom is -0.496 e. The molecule has 9 heteroatoms. The van der Waals surface area contributed by atoms with Crippen LogP contribution in [0.1, 0.15) is 17.5 Å². The van der Waals surface area contributed by atoms with E-state index in [1.54, 1.807) is 18.4 Å². The maximum Gasteiger partial charge on any atom is 0.262 e. The van der Waals surface area contributed by atoms with Crippen LogP contribution in [0.5, 0.6) is 5.75 Å². The highest BCUT2D eigenvalue weighted by atomic mass is 79.9. The normalized spacial score (nSPS) is 11.3. The van der Waals surface area contributed by atoms with E-state index in [1.165, 1.54) is 16.3 Å². The first kappa shape index (κ1) is 23.5. The Balaban J connectivity index is 0.000000537. The Morgan fingerprint density at radius 3 is 2.28 bits per heavy atom. The molecule has 0 spiro atoms. The van der Waals surface area contributed by atoms with Crippen molar-refractivity contribution in [3.05, 3.63) is 69.0 Å². The molecule has 6 nitrogen and oxygen atoms in total. The fourth-order valence-electron chi connectivity index (χ4n) is 2.60. The Kier molecular flexibility index (Phi) is 8.79. The van der Waals surface area contributed by atoms with Crippen LogP contribution in [0, 0.1) is 10.2 Å². The van der Waals surface area contributed by atoms with E-state index >= 15 is 0 Å². The molecule has 0 aliphatic heterocycles. The van der Waals surface area contributed by atoms with Crippen LogP contribution in [0.3, 0.4) is 0 Å². The Labute approximate surface area is 183 Å². The van der Waals surface area contributed by atoms with E-state index in [0.717, 1.165) is 22.3 Å². The van der Waals surface area contributed by atoms with Gasteiger partial charge in [-0.25, -0.2) is 18.6 Å². The lowest BCUT2D eigenvalue weighted by Gasteiger charge is -2.17. The second kappa shape index (κ2) is 10.8. The van der Waals surface area contributed by atoms with Crippen molar-refractivity contribution in [3.63, 3.8) is 0 Å². The third-order valence-corrected chi connectivity index (χ3v) is 5.39. The van der Waals surface area contributed by atoms with Crippen LogP contribution in [0.2, 0.25) is 0 Å². The number of methoxy groups -OCH3 is 1. The molecule has 1 aromatic heterocycles. The summed E-state index contributed by atoms with van der Waals surface area (Å²) >= 11 is 5.30. The summed E-state index contributed by atoms with van der Waals surface area (Å²) in [6.45, 7) is 3.13. The summed E-state index contributed by atoms with van der Waals surface area (Å²) in [5.41, 5.74) is 3.65. The summed E-state index contributed by atoms with van der Waals surface area (Å²) in [5.74, 6) is 0.846. The SMILES string of the molecule is CC[n+]1c(-c2ccccc2)csc1/C=C/c1ccc(OC)c(Br)c1.[O-][Cl+3]([O-])([O-])[O-]. The first-order valence-corrected chi connectivity index (χ1v) is 11.3. The van der Waals surface area contributed by atoms with Gasteiger partial charge in [0.15, 0.2) is 0 Å². The molecule has 154 valence electrons. The number of hydrogen-bond acceptors (Lipinski definition) is 6. The largest absolute Gasteiger partial charge is 0.496 e. The summed E-state index contributed by atoms with van der Waals surface area (Å²) in [6.07, 6.45) is 4.31. The van der Waals surface area contributed by atoms with Gasteiger partial charge in [0.25, 0.3) is 5.01 Å². The molecular formula is C20H19BrClNO5S. The fourth-order valence-corrected chi connectivity index (χ4v) is 4.16. The molecule has 3 aromatic rings. The number of hydrogen-bond donors (Lipinski definition) is 0. The lowest BCUT2D eigenvalue weighted by Crippen LogP contribution is -2.68. The van der Waals surface area contributed by atoms with Crippen LogP contribution in [0.4, 0.5) is 0 Å². The van der Waals surface area contributed by atoms with E-state index in [4.69, 9.17) is 23.4 Å². The number of halogens is 2. The highest BCUT2D eigenvalue weighted by Gasteiger charge is 2.18. The molecule has 0 N–H and O–H groups in total. The summed E-state index contributed by atoms with van der Waals surface area (Å²) in [4.78, 5) is 0. The molecule has 0 saturated carbocycles. The van der Waals surface area contributed by atoms with Crippen molar-refractivity contribution in [3.8, 4) is 17.0 Å². The number of rotatable bonds is 5. The van der Waals surface area contributed by atoms with Gasteiger partial charge < -0.3 is 4.74 Å². The molecule has 3 rings (SSSR count). The maximum absolute atomic E-state index is 8.49. The van der Waals surface area contributed by atoms with Gasteiger partial charge in [-0.05, 0) is 58.8 Å². The van der Waals surface area contributed by atoms with Crippen molar-refractivity contribution in [2.24, 2.45) is 0 Å². The minimum atomic E-state index is -4.94. The number of thiazole rings is 1. The fraction of sp³-hybridized carbons (Fsp3) is 0.150. The van der Waals surface area contributed by atoms with E-state index in [2.05, 4.69) is 87.4 Å². The van der Waals surface area contributed by atoms with E-state index in [9.17, 15) is 0 Å². The molecule has 0 aliphatic carbocycles. The Hall–Kier alpha value is -1.78. The maximum atomic E-state index is 8.49. The average Bonchev–Trinajstić information content (AvgIpc) is 3.09. The number of ether oxygens (including phenoxy) is 1. The zero-order chi connectivity index (χ0) is 21.4. The second-order valence-electron chi connectivity index (χ2n) is 5.67. The molecular weight excluding hydrogens is 482 g/mol. The van der Waals surface area contributed by atoms with Crippen molar-refractivity contribution in [2.45, 2.75) is 13.5 Å². The predicted molar refractivity (Wildman–Crippen MR) is 105 cm³/mol. The molecule has 0 radical (unpaired) electrons. The van der Waals surface area contributed by atoms with E-state index in [-0.39, 0.29) is 0 Å². The minimum absolute atomic E-state index is 0.846. The van der Waals surface area contributed by atoms with Gasteiger partial charge >= 0.3 is 0 Å². The zero-order valence-electron chi connectivity index (χ0n) is 15.7. The number of nitrogens with zero attached hydrogens (tertiary/aromatic N) is 1. The smallest absolute Gasteiger partial charge is 0.262 e. The Bertz CT molecular complexity index is 951. The summed E-state index contributed by atoms with van der Waals surface area (Å²) in [7, 11) is -3.27. The van der Waals surface area contributed by atoms with Crippen molar-refractivity contribution in [1.82, 2.24) is 0 Å². The van der Waals surface area contributed by atoms with Crippen LogP contribution >= 0.6 is 27.3 Å². The van der Waals surface area contributed by atoms with E-state index in [1.807, 2.05) is 6.07 Å². The Morgan fingerprint density at radius 2 is 1.72 bits per heavy atom. The van der Waals surface area contributed by atoms with Gasteiger partial charge in [0.1, 0.15) is 12.3 Å². The quantitative estimate of drug-likeness (QED) is 0.484. The van der Waals surface area contributed by atoms with Gasteiger partial charge in [0.2, 0.25) is 5.69 Å². The molecule has 29 heavy (non-hydrogen) atoms. The lowest BCUT2D eigenvalue weighted by molar-refractivity contribution is -2.00. The van der Waals surface area contributed by atoms with Crippen LogP contribution in [0.15, 0.2) is 58.4 Å². The van der Waals surface area contributed by atoms with Crippen LogP contribution in [0.25, 0.3) is 23.4 Å². The standard InChI is InChI=1S/C20H19BrNOS.ClHO4/c1-3-22-18(16-7-5-4-6-8-16)14-24-20(22)12-10-15-9-11-19(23-2)17(21)13-15;2-1(3,4)5/h4-14H,3H2,1-2H3;(H,2,3,4,5)/q+1;/p-1/b12-10+;. The summed E-state index contributed by atoms with van der Waals surface area (Å²) in [6, 6.07) is 16.6. The van der Waals surface area contributed by atoms with Crippen LogP contribution in [-0.4, -0.2) is 7.11 Å². The molecule has 0 fully saturated rings. The first-order chi connectivity index (χ1) is 13.7. The predicted octanol–water partition coefficient (Wildman–Crippen LogP) is 0.908. The topological polar surface area (TPSA) is 105 Å². The molecule has 0 amide bonds.